The molecule has 1 saturated heterocycles. The molecule has 4 unspecified atom stereocenters. The molecule has 0 aromatic rings. The van der Waals surface area contributed by atoms with Gasteiger partial charge in [-0.2, -0.15) is 12.0 Å². The molecule has 4 heteroatoms. The predicted octanol–water partition coefficient (Wildman–Crippen LogP) is 3.20. The molecule has 1 aliphatic carbocycles. The Bertz CT molecular complexity index is 185. The van der Waals surface area contributed by atoms with E-state index in [1.807, 2.05) is 6.42 Å². The summed E-state index contributed by atoms with van der Waals surface area (Å²) < 4.78 is 26.0. The molecule has 4 atom stereocenters. The number of alkyl halides is 2. The van der Waals surface area contributed by atoms with Crippen LogP contribution in [0.4, 0.5) is 8.78 Å². The average molecular weight is 393 g/mol. The summed E-state index contributed by atoms with van der Waals surface area (Å²) in [7, 11) is 0. The Kier molecular flexibility index (Phi) is 5.65. The maximum atomic E-state index is 13.1. The van der Waals surface area contributed by atoms with Crippen molar-refractivity contribution < 1.29 is 28.9 Å². The monoisotopic (exact) mass is 394 g/mol. The summed E-state index contributed by atoms with van der Waals surface area (Å²) in [5, 5.41) is 4.49. The zero-order chi connectivity index (χ0) is 9.97. The summed E-state index contributed by atoms with van der Waals surface area (Å²) in [4.78, 5) is 0. The minimum atomic E-state index is -1.27. The quantitative estimate of drug-likeness (QED) is 0.608. The Morgan fingerprint density at radius 3 is 2.53 bits per heavy atom. The summed E-state index contributed by atoms with van der Waals surface area (Å²) in [5.41, 5.74) is 0. The molecule has 1 heterocycles. The van der Waals surface area contributed by atoms with Gasteiger partial charge >= 0.3 is 0 Å². The number of nitrogens with zero attached hydrogens (tertiary/aromatic N) is 1. The molecule has 0 N–H and O–H groups in total. The van der Waals surface area contributed by atoms with Gasteiger partial charge in [0.25, 0.3) is 0 Å². The van der Waals surface area contributed by atoms with Gasteiger partial charge in [-0.25, -0.2) is 8.78 Å². The van der Waals surface area contributed by atoms with E-state index in [-0.39, 0.29) is 38.5 Å². The van der Waals surface area contributed by atoms with E-state index in [9.17, 15) is 8.78 Å². The van der Waals surface area contributed by atoms with Crippen LogP contribution in [0.5, 0.6) is 0 Å². The zero-order valence-electron chi connectivity index (χ0n) is 8.67. The van der Waals surface area contributed by atoms with Gasteiger partial charge in [-0.15, -0.1) is 13.0 Å². The summed E-state index contributed by atoms with van der Waals surface area (Å²) in [6.45, 7) is 0.908. The standard InChI is InChI=1S/C11H17F2N.Ir/c12-9-5-4-8(7-10(9)13)11-3-1-2-6-14-11;/h4,8-11H,1-3,5-7H2;/q-2;. The van der Waals surface area contributed by atoms with E-state index in [4.69, 9.17) is 0 Å². The SMILES string of the molecule is FC1C[CH-]C(C2CCCC[N-]2)CC1F.[Ir]. The summed E-state index contributed by atoms with van der Waals surface area (Å²) >= 11 is 0. The number of rotatable bonds is 1. The average Bonchev–Trinajstić information content (AvgIpc) is 2.23. The summed E-state index contributed by atoms with van der Waals surface area (Å²) in [6, 6.07) is 0.273. The second-order valence-electron chi connectivity index (χ2n) is 4.37. The first-order valence-electron chi connectivity index (χ1n) is 5.55. The Balaban J connectivity index is 0.00000112. The second kappa shape index (κ2) is 6.27. The van der Waals surface area contributed by atoms with Crippen molar-refractivity contribution in [3.63, 3.8) is 0 Å². The third-order valence-electron chi connectivity index (χ3n) is 3.32. The molecule has 2 fully saturated rings. The minimum Gasteiger partial charge on any atom is -0.661 e. The molecule has 0 amide bonds. The van der Waals surface area contributed by atoms with E-state index in [0.717, 1.165) is 19.4 Å². The Hall–Kier alpha value is 0.469. The molecule has 0 aromatic heterocycles. The minimum absolute atomic E-state index is 0. The van der Waals surface area contributed by atoms with Crippen LogP contribution < -0.4 is 0 Å². The Morgan fingerprint density at radius 2 is 1.93 bits per heavy atom. The van der Waals surface area contributed by atoms with Crippen molar-refractivity contribution in [1.29, 1.82) is 0 Å². The van der Waals surface area contributed by atoms with E-state index >= 15 is 0 Å². The second-order valence-corrected chi connectivity index (χ2v) is 4.37. The molecule has 15 heavy (non-hydrogen) atoms. The van der Waals surface area contributed by atoms with Crippen molar-refractivity contribution in [2.24, 2.45) is 5.92 Å². The van der Waals surface area contributed by atoms with E-state index in [0.29, 0.717) is 6.42 Å². The fourth-order valence-corrected chi connectivity index (χ4v) is 2.43. The predicted molar refractivity (Wildman–Crippen MR) is 52.7 cm³/mol. The van der Waals surface area contributed by atoms with E-state index in [2.05, 4.69) is 5.32 Å². The molecule has 1 nitrogen and oxygen atoms in total. The molecule has 2 rings (SSSR count). The van der Waals surface area contributed by atoms with Crippen molar-refractivity contribution in [1.82, 2.24) is 0 Å². The molecular formula is C11H17F2IrN-2. The van der Waals surface area contributed by atoms with Crippen molar-refractivity contribution >= 4 is 0 Å². The fraction of sp³-hybridized carbons (Fsp3) is 0.909. The van der Waals surface area contributed by atoms with Gasteiger partial charge in [0, 0.05) is 20.1 Å². The molecular weight excluding hydrogens is 376 g/mol. The van der Waals surface area contributed by atoms with Crippen LogP contribution in [0.15, 0.2) is 0 Å². The molecule has 91 valence electrons. The van der Waals surface area contributed by atoms with Gasteiger partial charge in [-0.3, -0.25) is 0 Å². The Morgan fingerprint density at radius 1 is 1.13 bits per heavy atom. The van der Waals surface area contributed by atoms with E-state index in [1.165, 1.54) is 6.42 Å². The smallest absolute Gasteiger partial charge is 0.126 e. The van der Waals surface area contributed by atoms with Crippen LogP contribution >= 0.6 is 0 Å². The van der Waals surface area contributed by atoms with Crippen molar-refractivity contribution in [3.8, 4) is 0 Å². The molecule has 2 aliphatic rings. The molecule has 1 radical (unpaired) electrons. The van der Waals surface area contributed by atoms with Crippen LogP contribution in [0, 0.1) is 12.3 Å². The molecule has 0 bridgehead atoms. The number of halogens is 2. The first-order chi connectivity index (χ1) is 6.77. The van der Waals surface area contributed by atoms with Crippen molar-refractivity contribution in [2.45, 2.75) is 50.5 Å². The van der Waals surface area contributed by atoms with Crippen molar-refractivity contribution in [2.75, 3.05) is 6.54 Å². The van der Waals surface area contributed by atoms with Crippen LogP contribution in [0.1, 0.15) is 32.1 Å². The third-order valence-corrected chi connectivity index (χ3v) is 3.32. The normalized spacial score (nSPS) is 42.0. The molecule has 1 aliphatic heterocycles. The van der Waals surface area contributed by atoms with E-state index in [1.54, 1.807) is 0 Å². The zero-order valence-corrected chi connectivity index (χ0v) is 11.1. The van der Waals surface area contributed by atoms with Crippen LogP contribution in [-0.2, 0) is 20.1 Å². The van der Waals surface area contributed by atoms with Gasteiger partial charge in [-0.05, 0) is 6.42 Å². The maximum Gasteiger partial charge on any atom is 0.126 e. The molecule has 1 saturated carbocycles. The van der Waals surface area contributed by atoms with Gasteiger partial charge in [0.15, 0.2) is 0 Å². The van der Waals surface area contributed by atoms with Crippen molar-refractivity contribution in [3.05, 3.63) is 11.7 Å². The summed E-state index contributed by atoms with van der Waals surface area (Å²) in [6.07, 6.45) is 3.44. The summed E-state index contributed by atoms with van der Waals surface area (Å²) in [5.74, 6) is 0.192. The van der Waals surface area contributed by atoms with Gasteiger partial charge in [0.1, 0.15) is 12.3 Å². The number of hydrogen-bond acceptors (Lipinski definition) is 0. The van der Waals surface area contributed by atoms with Gasteiger partial charge in [0.05, 0.1) is 0 Å². The van der Waals surface area contributed by atoms with Crippen LogP contribution in [-0.4, -0.2) is 24.9 Å². The number of hydrogen-bond donors (Lipinski definition) is 0. The van der Waals surface area contributed by atoms with Gasteiger partial charge in [0.2, 0.25) is 0 Å². The topological polar surface area (TPSA) is 14.1 Å². The van der Waals surface area contributed by atoms with Gasteiger partial charge in [-0.1, -0.05) is 19.3 Å². The maximum absolute atomic E-state index is 13.1. The third kappa shape index (κ3) is 3.47. The fourth-order valence-electron chi connectivity index (χ4n) is 2.43. The van der Waals surface area contributed by atoms with Crippen LogP contribution in [0.3, 0.4) is 0 Å². The van der Waals surface area contributed by atoms with Gasteiger partial charge < -0.3 is 11.7 Å². The Labute approximate surface area is 104 Å². The largest absolute Gasteiger partial charge is 0.661 e. The first kappa shape index (κ1) is 13.5. The molecule has 0 aromatic carbocycles. The number of piperidine rings is 1. The first-order valence-corrected chi connectivity index (χ1v) is 5.55. The van der Waals surface area contributed by atoms with E-state index < -0.39 is 12.3 Å². The van der Waals surface area contributed by atoms with Crippen LogP contribution in [0.25, 0.3) is 5.32 Å². The molecule has 0 spiro atoms. The van der Waals surface area contributed by atoms with Crippen LogP contribution in [0.2, 0.25) is 0 Å².